The molecule has 0 fully saturated rings. The lowest BCUT2D eigenvalue weighted by atomic mass is 9.94. The second kappa shape index (κ2) is 21.9. The molecule has 2 aromatic heterocycles. The standard InChI is InChI=1S/C44H58N8O4/c1-31(2)39(49-43(55)51(5)29-37-21-13-15-25-45-37)41(53)47-35(27-33-17-9-7-10-18-33)23-24-36(28-34-19-11-8-12-20-34)48-42(54)40(32(3)4)50-44(56)52(6)30-38-22-14-16-26-46-38/h7-22,25-26,31-32,35-36,39-40H,23-24,27-30H2,1-6H3,(H,47,53)(H,48,54)(H,49,55)(H,50,56)/t35-,36-,39+,40+/m1/s1. The number of nitrogens with zero attached hydrogens (tertiary/aromatic N) is 4. The Morgan fingerprint density at radius 1 is 0.518 bits per heavy atom. The van der Waals surface area contributed by atoms with E-state index in [0.29, 0.717) is 38.8 Å². The van der Waals surface area contributed by atoms with E-state index in [0.717, 1.165) is 22.5 Å². The van der Waals surface area contributed by atoms with Crippen LogP contribution in [0.5, 0.6) is 0 Å². The van der Waals surface area contributed by atoms with Crippen LogP contribution in [0.15, 0.2) is 109 Å². The highest BCUT2D eigenvalue weighted by molar-refractivity contribution is 5.88. The number of aromatic nitrogens is 2. The highest BCUT2D eigenvalue weighted by Gasteiger charge is 2.30. The van der Waals surface area contributed by atoms with Crippen molar-refractivity contribution in [1.82, 2.24) is 41.0 Å². The summed E-state index contributed by atoms with van der Waals surface area (Å²) >= 11 is 0. The van der Waals surface area contributed by atoms with Crippen molar-refractivity contribution in [3.05, 3.63) is 132 Å². The van der Waals surface area contributed by atoms with E-state index in [1.54, 1.807) is 26.5 Å². The van der Waals surface area contributed by atoms with Gasteiger partial charge in [-0.05, 0) is 72.9 Å². The lowest BCUT2D eigenvalue weighted by Gasteiger charge is -2.30. The van der Waals surface area contributed by atoms with Gasteiger partial charge in [0.25, 0.3) is 0 Å². The van der Waals surface area contributed by atoms with Gasteiger partial charge in [0.1, 0.15) is 12.1 Å². The molecule has 0 aliphatic rings. The predicted octanol–water partition coefficient (Wildman–Crippen LogP) is 5.74. The number of urea groups is 2. The maximum absolute atomic E-state index is 14.0. The third kappa shape index (κ3) is 14.1. The molecular formula is C44H58N8O4. The van der Waals surface area contributed by atoms with Crippen molar-refractivity contribution in [3.63, 3.8) is 0 Å². The van der Waals surface area contributed by atoms with Crippen LogP contribution in [0.2, 0.25) is 0 Å². The van der Waals surface area contributed by atoms with Crippen LogP contribution in [0.1, 0.15) is 63.1 Å². The zero-order valence-electron chi connectivity index (χ0n) is 33.5. The predicted molar refractivity (Wildman–Crippen MR) is 219 cm³/mol. The molecule has 0 saturated carbocycles. The molecule has 0 aliphatic heterocycles. The van der Waals surface area contributed by atoms with E-state index in [-0.39, 0.29) is 47.8 Å². The molecule has 0 radical (unpaired) electrons. The van der Waals surface area contributed by atoms with E-state index in [2.05, 4.69) is 31.2 Å². The van der Waals surface area contributed by atoms with Crippen LogP contribution < -0.4 is 21.3 Å². The number of carbonyl (C=O) groups is 4. The summed E-state index contributed by atoms with van der Waals surface area (Å²) in [5, 5.41) is 12.4. The molecule has 4 N–H and O–H groups in total. The molecule has 0 bridgehead atoms. The lowest BCUT2D eigenvalue weighted by Crippen LogP contribution is -2.55. The van der Waals surface area contributed by atoms with E-state index in [4.69, 9.17) is 0 Å². The van der Waals surface area contributed by atoms with E-state index in [9.17, 15) is 19.2 Å². The zero-order chi connectivity index (χ0) is 40.5. The fraction of sp³-hybridized carbons (Fsp3) is 0.409. The van der Waals surface area contributed by atoms with Crippen LogP contribution in [-0.4, -0.2) is 81.9 Å². The van der Waals surface area contributed by atoms with Crippen molar-refractivity contribution >= 4 is 23.9 Å². The molecule has 2 heterocycles. The van der Waals surface area contributed by atoms with Gasteiger partial charge in [0.2, 0.25) is 11.8 Å². The molecule has 4 atom stereocenters. The van der Waals surface area contributed by atoms with Crippen LogP contribution in [0.3, 0.4) is 0 Å². The number of pyridine rings is 2. The molecule has 0 spiro atoms. The maximum atomic E-state index is 14.0. The highest BCUT2D eigenvalue weighted by atomic mass is 16.2. The smallest absolute Gasteiger partial charge is 0.318 e. The van der Waals surface area contributed by atoms with Crippen molar-refractivity contribution in [2.24, 2.45) is 11.8 Å². The van der Waals surface area contributed by atoms with Crippen molar-refractivity contribution in [2.45, 2.75) is 90.6 Å². The van der Waals surface area contributed by atoms with E-state index in [1.165, 1.54) is 9.80 Å². The van der Waals surface area contributed by atoms with Gasteiger partial charge in [-0.1, -0.05) is 100 Å². The summed E-state index contributed by atoms with van der Waals surface area (Å²) in [6.45, 7) is 8.21. The summed E-state index contributed by atoms with van der Waals surface area (Å²) in [5.41, 5.74) is 3.59. The summed E-state index contributed by atoms with van der Waals surface area (Å²) < 4.78 is 0. The van der Waals surface area contributed by atoms with Gasteiger partial charge in [-0.2, -0.15) is 0 Å². The Balaban J connectivity index is 1.48. The minimum absolute atomic E-state index is 0.184. The molecule has 298 valence electrons. The first kappa shape index (κ1) is 43.0. The molecule has 12 nitrogen and oxygen atoms in total. The molecule has 56 heavy (non-hydrogen) atoms. The molecular weight excluding hydrogens is 705 g/mol. The Morgan fingerprint density at radius 3 is 1.20 bits per heavy atom. The third-order valence-corrected chi connectivity index (χ3v) is 9.61. The molecule has 4 aromatic rings. The van der Waals surface area contributed by atoms with Gasteiger partial charge in [0.15, 0.2) is 0 Å². The maximum Gasteiger partial charge on any atom is 0.318 e. The number of hydrogen-bond donors (Lipinski definition) is 4. The van der Waals surface area contributed by atoms with Crippen LogP contribution in [0, 0.1) is 11.8 Å². The molecule has 2 aromatic carbocycles. The molecule has 4 rings (SSSR count). The first-order chi connectivity index (χ1) is 26.9. The van der Waals surface area contributed by atoms with Gasteiger partial charge in [-0.3, -0.25) is 19.6 Å². The first-order valence-corrected chi connectivity index (χ1v) is 19.4. The number of benzene rings is 2. The second-order valence-electron chi connectivity index (χ2n) is 15.1. The fourth-order valence-corrected chi connectivity index (χ4v) is 6.40. The molecule has 12 heteroatoms. The van der Waals surface area contributed by atoms with Gasteiger partial charge in [0.05, 0.1) is 24.5 Å². The van der Waals surface area contributed by atoms with Gasteiger partial charge in [0, 0.05) is 38.6 Å². The lowest BCUT2D eigenvalue weighted by molar-refractivity contribution is -0.125. The number of carbonyl (C=O) groups excluding carboxylic acids is 4. The van der Waals surface area contributed by atoms with E-state index >= 15 is 0 Å². The quantitative estimate of drug-likeness (QED) is 0.0958. The fourth-order valence-electron chi connectivity index (χ4n) is 6.40. The molecule has 0 saturated heterocycles. The van der Waals surface area contributed by atoms with Crippen LogP contribution >= 0.6 is 0 Å². The van der Waals surface area contributed by atoms with E-state index in [1.807, 2.05) is 125 Å². The average molecular weight is 763 g/mol. The minimum atomic E-state index is -0.780. The summed E-state index contributed by atoms with van der Waals surface area (Å²) in [6.07, 6.45) is 5.57. The Hall–Kier alpha value is -5.78. The Kier molecular flexibility index (Phi) is 16.8. The zero-order valence-corrected chi connectivity index (χ0v) is 33.5. The van der Waals surface area contributed by atoms with E-state index < -0.39 is 12.1 Å². The van der Waals surface area contributed by atoms with Gasteiger partial charge >= 0.3 is 12.1 Å². The van der Waals surface area contributed by atoms with Crippen LogP contribution in [0.25, 0.3) is 0 Å². The number of nitrogens with one attached hydrogen (secondary N) is 4. The summed E-state index contributed by atoms with van der Waals surface area (Å²) in [5.74, 6) is -0.921. The molecule has 0 aliphatic carbocycles. The van der Waals surface area contributed by atoms with Gasteiger partial charge in [-0.25, -0.2) is 9.59 Å². The topological polar surface area (TPSA) is 149 Å². The largest absolute Gasteiger partial charge is 0.351 e. The second-order valence-corrected chi connectivity index (χ2v) is 15.1. The summed E-state index contributed by atoms with van der Waals surface area (Å²) in [6, 6.07) is 28.0. The van der Waals surface area contributed by atoms with Gasteiger partial charge < -0.3 is 31.1 Å². The van der Waals surface area contributed by atoms with Crippen molar-refractivity contribution < 1.29 is 19.2 Å². The highest BCUT2D eigenvalue weighted by Crippen LogP contribution is 2.16. The molecule has 0 unspecified atom stereocenters. The SMILES string of the molecule is CC(C)[C@H](NC(=O)N(C)Cc1ccccn1)C(=O)N[C@H](CC[C@H](Cc1ccccc1)NC(=O)[C@@H](NC(=O)N(C)Cc1ccccn1)C(C)C)Cc1ccccc1. The van der Waals surface area contributed by atoms with Crippen molar-refractivity contribution in [3.8, 4) is 0 Å². The summed E-state index contributed by atoms with van der Waals surface area (Å²) in [4.78, 5) is 66.1. The Bertz CT molecular complexity index is 1660. The van der Waals surface area contributed by atoms with Crippen molar-refractivity contribution in [1.29, 1.82) is 0 Å². The van der Waals surface area contributed by atoms with Crippen molar-refractivity contribution in [2.75, 3.05) is 14.1 Å². The number of rotatable bonds is 19. The van der Waals surface area contributed by atoms with Gasteiger partial charge in [-0.15, -0.1) is 0 Å². The summed E-state index contributed by atoms with van der Waals surface area (Å²) in [7, 11) is 3.35. The Labute approximate surface area is 331 Å². The number of amides is 6. The van der Waals surface area contributed by atoms with Crippen LogP contribution in [-0.2, 0) is 35.5 Å². The average Bonchev–Trinajstić information content (AvgIpc) is 3.18. The molecule has 6 amide bonds. The van der Waals surface area contributed by atoms with Crippen LogP contribution in [0.4, 0.5) is 9.59 Å². The monoisotopic (exact) mass is 762 g/mol. The third-order valence-electron chi connectivity index (χ3n) is 9.61. The first-order valence-electron chi connectivity index (χ1n) is 19.4. The number of hydrogen-bond acceptors (Lipinski definition) is 6. The normalized spacial score (nSPS) is 13.2. The minimum Gasteiger partial charge on any atom is -0.351 e. The Morgan fingerprint density at radius 2 is 0.875 bits per heavy atom.